The molecule has 0 aromatic heterocycles. The highest BCUT2D eigenvalue weighted by molar-refractivity contribution is 8.03. The first-order valence-corrected chi connectivity index (χ1v) is 7.90. The van der Waals surface area contributed by atoms with E-state index in [-0.39, 0.29) is 12.4 Å². The molecule has 2 aromatic carbocycles. The summed E-state index contributed by atoms with van der Waals surface area (Å²) in [6, 6.07) is 15.8. The number of carbonyl (C=O) groups is 1. The second-order valence-corrected chi connectivity index (χ2v) is 6.25. The predicted octanol–water partition coefficient (Wildman–Crippen LogP) is 4.03. The normalized spacial score (nSPS) is 15.0. The molecular weight excluding hydrogens is 294 g/mol. The van der Waals surface area contributed by atoms with Crippen LogP contribution in [0, 0.1) is 6.92 Å². The topological polar surface area (TPSA) is 29.5 Å². The summed E-state index contributed by atoms with van der Waals surface area (Å²) in [7, 11) is 1.97. The van der Waals surface area contributed by atoms with E-state index in [4.69, 9.17) is 4.74 Å². The average molecular weight is 311 g/mol. The van der Waals surface area contributed by atoms with Gasteiger partial charge in [0.15, 0.2) is 12.4 Å². The third-order valence-electron chi connectivity index (χ3n) is 3.43. The lowest BCUT2D eigenvalue weighted by Gasteiger charge is -2.13. The van der Waals surface area contributed by atoms with Crippen molar-refractivity contribution in [2.75, 3.05) is 18.6 Å². The summed E-state index contributed by atoms with van der Waals surface area (Å²) in [5.74, 6) is 0.686. The molecule has 0 radical (unpaired) electrons. The number of fused-ring (bicyclic) bond motifs is 1. The number of rotatable bonds is 4. The summed E-state index contributed by atoms with van der Waals surface area (Å²) in [4.78, 5) is 15.3. The predicted molar refractivity (Wildman–Crippen MR) is 90.5 cm³/mol. The van der Waals surface area contributed by atoms with Crippen LogP contribution in [0.15, 0.2) is 64.5 Å². The quantitative estimate of drug-likeness (QED) is 0.798. The largest absolute Gasteiger partial charge is 0.485 e. The molecule has 0 spiro atoms. The molecule has 2 aromatic rings. The van der Waals surface area contributed by atoms with Crippen molar-refractivity contribution in [2.24, 2.45) is 0 Å². The first-order chi connectivity index (χ1) is 10.6. The van der Waals surface area contributed by atoms with Crippen molar-refractivity contribution in [1.29, 1.82) is 0 Å². The highest BCUT2D eigenvalue weighted by Gasteiger charge is 2.21. The van der Waals surface area contributed by atoms with Crippen molar-refractivity contribution >= 4 is 23.2 Å². The van der Waals surface area contributed by atoms with Gasteiger partial charge in [-0.3, -0.25) is 4.79 Å². The Morgan fingerprint density at radius 3 is 2.82 bits per heavy atom. The maximum atomic E-state index is 12.1. The SMILES string of the molecule is Cc1cccc(OCC(=O)C=C2Sc3ccccc3N2C)c1. The second-order valence-electron chi connectivity index (χ2n) is 5.18. The average Bonchev–Trinajstić information content (AvgIpc) is 2.82. The van der Waals surface area contributed by atoms with Gasteiger partial charge in [0.05, 0.1) is 10.7 Å². The van der Waals surface area contributed by atoms with Gasteiger partial charge in [-0.2, -0.15) is 0 Å². The number of benzene rings is 2. The van der Waals surface area contributed by atoms with Crippen LogP contribution in [0.25, 0.3) is 0 Å². The molecule has 0 unspecified atom stereocenters. The molecule has 0 amide bonds. The zero-order chi connectivity index (χ0) is 15.5. The Balaban J connectivity index is 1.65. The maximum absolute atomic E-state index is 12.1. The van der Waals surface area contributed by atoms with Crippen LogP contribution in [0.4, 0.5) is 5.69 Å². The van der Waals surface area contributed by atoms with E-state index in [1.54, 1.807) is 17.8 Å². The first kappa shape index (κ1) is 14.7. The van der Waals surface area contributed by atoms with Crippen LogP contribution in [-0.4, -0.2) is 19.4 Å². The number of ether oxygens (including phenoxy) is 1. The van der Waals surface area contributed by atoms with Crippen molar-refractivity contribution in [3.05, 3.63) is 65.2 Å². The van der Waals surface area contributed by atoms with Crippen LogP contribution in [0.1, 0.15) is 5.56 Å². The number of anilines is 1. The van der Waals surface area contributed by atoms with E-state index in [0.29, 0.717) is 0 Å². The Morgan fingerprint density at radius 1 is 1.23 bits per heavy atom. The Hall–Kier alpha value is -2.20. The maximum Gasteiger partial charge on any atom is 0.195 e. The first-order valence-electron chi connectivity index (χ1n) is 7.08. The number of carbonyl (C=O) groups excluding carboxylic acids is 1. The molecule has 0 N–H and O–H groups in total. The second kappa shape index (κ2) is 6.28. The number of hydrogen-bond donors (Lipinski definition) is 0. The van der Waals surface area contributed by atoms with E-state index in [1.165, 1.54) is 4.90 Å². The lowest BCUT2D eigenvalue weighted by molar-refractivity contribution is -0.116. The Kier molecular flexibility index (Phi) is 4.20. The van der Waals surface area contributed by atoms with Gasteiger partial charge in [-0.1, -0.05) is 36.0 Å². The monoisotopic (exact) mass is 311 g/mol. The fourth-order valence-corrected chi connectivity index (χ4v) is 3.39. The minimum atomic E-state index is -0.0383. The molecule has 0 saturated heterocycles. The zero-order valence-corrected chi connectivity index (χ0v) is 13.4. The van der Waals surface area contributed by atoms with E-state index in [0.717, 1.165) is 22.0 Å². The third kappa shape index (κ3) is 3.17. The van der Waals surface area contributed by atoms with Crippen molar-refractivity contribution in [1.82, 2.24) is 0 Å². The Morgan fingerprint density at radius 2 is 2.05 bits per heavy atom. The van der Waals surface area contributed by atoms with E-state index < -0.39 is 0 Å². The molecule has 0 bridgehead atoms. The van der Waals surface area contributed by atoms with Crippen molar-refractivity contribution in [2.45, 2.75) is 11.8 Å². The van der Waals surface area contributed by atoms with Crippen molar-refractivity contribution < 1.29 is 9.53 Å². The van der Waals surface area contributed by atoms with Gasteiger partial charge < -0.3 is 9.64 Å². The van der Waals surface area contributed by atoms with E-state index >= 15 is 0 Å². The van der Waals surface area contributed by atoms with E-state index in [1.807, 2.05) is 55.3 Å². The van der Waals surface area contributed by atoms with Gasteiger partial charge in [0, 0.05) is 18.0 Å². The molecule has 0 aliphatic carbocycles. The van der Waals surface area contributed by atoms with E-state index in [2.05, 4.69) is 12.1 Å². The van der Waals surface area contributed by atoms with Gasteiger partial charge in [-0.25, -0.2) is 0 Å². The molecule has 22 heavy (non-hydrogen) atoms. The summed E-state index contributed by atoms with van der Waals surface area (Å²) in [6.07, 6.45) is 1.65. The Labute approximate surface area is 134 Å². The zero-order valence-electron chi connectivity index (χ0n) is 12.6. The van der Waals surface area contributed by atoms with E-state index in [9.17, 15) is 4.79 Å². The van der Waals surface area contributed by atoms with Gasteiger partial charge in [0.2, 0.25) is 0 Å². The Bertz CT molecular complexity index is 739. The van der Waals surface area contributed by atoms with Crippen LogP contribution in [0.3, 0.4) is 0 Å². The number of hydrogen-bond acceptors (Lipinski definition) is 4. The fraction of sp³-hybridized carbons (Fsp3) is 0.167. The fourth-order valence-electron chi connectivity index (χ4n) is 2.29. The molecule has 112 valence electrons. The summed E-state index contributed by atoms with van der Waals surface area (Å²) in [5.41, 5.74) is 2.25. The number of thioether (sulfide) groups is 1. The van der Waals surface area contributed by atoms with Crippen LogP contribution in [-0.2, 0) is 4.79 Å². The van der Waals surface area contributed by atoms with Gasteiger partial charge in [0.25, 0.3) is 0 Å². The van der Waals surface area contributed by atoms with Crippen LogP contribution in [0.5, 0.6) is 5.75 Å². The smallest absolute Gasteiger partial charge is 0.195 e. The van der Waals surface area contributed by atoms with Crippen LogP contribution >= 0.6 is 11.8 Å². The highest BCUT2D eigenvalue weighted by atomic mass is 32.2. The summed E-state index contributed by atoms with van der Waals surface area (Å²) >= 11 is 1.61. The molecule has 1 aliphatic rings. The summed E-state index contributed by atoms with van der Waals surface area (Å²) < 4.78 is 5.55. The molecule has 0 fully saturated rings. The molecular formula is C18H17NO2S. The molecule has 0 saturated carbocycles. The number of nitrogens with zero attached hydrogens (tertiary/aromatic N) is 1. The van der Waals surface area contributed by atoms with Gasteiger partial charge in [-0.05, 0) is 36.8 Å². The third-order valence-corrected chi connectivity index (χ3v) is 4.59. The van der Waals surface area contributed by atoms with Gasteiger partial charge in [0.1, 0.15) is 5.75 Å². The number of aryl methyl sites for hydroxylation is 1. The molecule has 4 heteroatoms. The molecule has 3 rings (SSSR count). The number of ketones is 1. The minimum absolute atomic E-state index is 0.0383. The lowest BCUT2D eigenvalue weighted by atomic mass is 10.2. The summed E-state index contributed by atoms with van der Waals surface area (Å²) in [5, 5.41) is 0.930. The van der Waals surface area contributed by atoms with Gasteiger partial charge in [-0.15, -0.1) is 0 Å². The van der Waals surface area contributed by atoms with Crippen LogP contribution in [0.2, 0.25) is 0 Å². The molecule has 1 aliphatic heterocycles. The standard InChI is InChI=1S/C18H17NO2S/c1-13-6-5-7-15(10-13)21-12-14(20)11-18-19(2)16-8-3-4-9-17(16)22-18/h3-11H,12H2,1-2H3. The minimum Gasteiger partial charge on any atom is -0.485 e. The molecule has 1 heterocycles. The van der Waals surface area contributed by atoms with Crippen molar-refractivity contribution in [3.63, 3.8) is 0 Å². The highest BCUT2D eigenvalue weighted by Crippen LogP contribution is 2.44. The van der Waals surface area contributed by atoms with Crippen molar-refractivity contribution in [3.8, 4) is 5.75 Å². The van der Waals surface area contributed by atoms with Crippen LogP contribution < -0.4 is 9.64 Å². The number of para-hydroxylation sites is 1. The molecule has 3 nitrogen and oxygen atoms in total. The van der Waals surface area contributed by atoms with Gasteiger partial charge >= 0.3 is 0 Å². The lowest BCUT2D eigenvalue weighted by Crippen LogP contribution is -2.14. The molecule has 0 atom stereocenters. The summed E-state index contributed by atoms with van der Waals surface area (Å²) in [6.45, 7) is 2.05.